The molecular formula is C12H25BrMg. The van der Waals surface area contributed by atoms with Gasteiger partial charge in [0.2, 0.25) is 0 Å². The Balaban J connectivity index is -0.000000605. The van der Waals surface area contributed by atoms with Crippen molar-refractivity contribution in [2.45, 2.75) is 71.1 Å². The monoisotopic (exact) mass is 272 g/mol. The van der Waals surface area contributed by atoms with Crippen LogP contribution in [0.1, 0.15) is 71.1 Å². The second-order valence-corrected chi connectivity index (χ2v) is 3.68. The van der Waals surface area contributed by atoms with Gasteiger partial charge in [-0.25, -0.2) is 0 Å². The van der Waals surface area contributed by atoms with E-state index in [1.54, 1.807) is 0 Å². The maximum absolute atomic E-state index is 3.84. The van der Waals surface area contributed by atoms with Crippen LogP contribution in [-0.4, -0.2) is 23.1 Å². The third-order valence-electron chi connectivity index (χ3n) is 2.35. The summed E-state index contributed by atoms with van der Waals surface area (Å²) in [6.07, 6.45) is 13.9. The molecule has 0 rings (SSSR count). The van der Waals surface area contributed by atoms with Crippen LogP contribution in [0.4, 0.5) is 0 Å². The van der Waals surface area contributed by atoms with Crippen molar-refractivity contribution < 1.29 is 17.0 Å². The van der Waals surface area contributed by atoms with Crippen molar-refractivity contribution in [2.24, 2.45) is 0 Å². The van der Waals surface area contributed by atoms with Gasteiger partial charge in [-0.05, 0) is 0 Å². The molecule has 0 saturated carbocycles. The molecule has 0 bridgehead atoms. The molecule has 0 heterocycles. The molecule has 0 amide bonds. The van der Waals surface area contributed by atoms with Crippen molar-refractivity contribution in [1.82, 2.24) is 0 Å². The molecule has 0 saturated heterocycles. The second kappa shape index (κ2) is 19.8. The zero-order valence-corrected chi connectivity index (χ0v) is 12.9. The predicted octanol–water partition coefficient (Wildman–Crippen LogP) is 1.36. The van der Waals surface area contributed by atoms with E-state index >= 15 is 0 Å². The Labute approximate surface area is 118 Å². The predicted molar refractivity (Wildman–Crippen MR) is 63.0 cm³/mol. The molecule has 0 aromatic carbocycles. The van der Waals surface area contributed by atoms with Crippen molar-refractivity contribution in [3.05, 3.63) is 6.92 Å². The van der Waals surface area contributed by atoms with Crippen molar-refractivity contribution in [3.63, 3.8) is 0 Å². The molecule has 0 nitrogen and oxygen atoms in total. The Hall–Kier alpha value is 1.25. The first-order valence-corrected chi connectivity index (χ1v) is 5.71. The molecule has 0 radical (unpaired) electrons. The summed E-state index contributed by atoms with van der Waals surface area (Å²) >= 11 is 0. The summed E-state index contributed by atoms with van der Waals surface area (Å²) in [6, 6.07) is 0. The Morgan fingerprint density at radius 1 is 0.714 bits per heavy atom. The first-order valence-electron chi connectivity index (χ1n) is 5.71. The van der Waals surface area contributed by atoms with Crippen molar-refractivity contribution >= 4 is 23.1 Å². The number of hydrogen-bond acceptors (Lipinski definition) is 0. The number of halogens is 1. The number of hydrogen-bond donors (Lipinski definition) is 0. The zero-order chi connectivity index (χ0) is 9.07. The van der Waals surface area contributed by atoms with Crippen LogP contribution in [0.2, 0.25) is 0 Å². The SMILES string of the molecule is [Br-].[CH2-]CCCCCCCCCCC.[Mg+2]. The Morgan fingerprint density at radius 3 is 1.43 bits per heavy atom. The largest absolute Gasteiger partial charge is 2.00 e. The normalized spacial score (nSPS) is 9.00. The molecule has 0 aliphatic carbocycles. The summed E-state index contributed by atoms with van der Waals surface area (Å²) in [5, 5.41) is 0. The Morgan fingerprint density at radius 2 is 1.07 bits per heavy atom. The average Bonchev–Trinajstić information content (AvgIpc) is 2.10. The van der Waals surface area contributed by atoms with E-state index in [1.807, 2.05) is 0 Å². The third-order valence-corrected chi connectivity index (χ3v) is 2.35. The quantitative estimate of drug-likeness (QED) is 0.338. The van der Waals surface area contributed by atoms with Gasteiger partial charge in [0, 0.05) is 0 Å². The maximum Gasteiger partial charge on any atom is 2.00 e. The summed E-state index contributed by atoms with van der Waals surface area (Å²) in [6.45, 7) is 6.12. The van der Waals surface area contributed by atoms with Crippen LogP contribution in [0, 0.1) is 6.92 Å². The van der Waals surface area contributed by atoms with Gasteiger partial charge in [-0.3, -0.25) is 0 Å². The summed E-state index contributed by atoms with van der Waals surface area (Å²) in [7, 11) is 0. The first kappa shape index (κ1) is 20.6. The van der Waals surface area contributed by atoms with Gasteiger partial charge in [0.05, 0.1) is 0 Å². The van der Waals surface area contributed by atoms with Crippen molar-refractivity contribution in [1.29, 1.82) is 0 Å². The van der Waals surface area contributed by atoms with Gasteiger partial charge < -0.3 is 23.9 Å². The average molecular weight is 274 g/mol. The summed E-state index contributed by atoms with van der Waals surface area (Å²) in [5.74, 6) is 0. The molecular weight excluding hydrogens is 248 g/mol. The minimum Gasteiger partial charge on any atom is -1.00 e. The summed E-state index contributed by atoms with van der Waals surface area (Å²) in [4.78, 5) is 0. The van der Waals surface area contributed by atoms with Crippen LogP contribution in [0.3, 0.4) is 0 Å². The van der Waals surface area contributed by atoms with Crippen LogP contribution in [0.5, 0.6) is 0 Å². The first-order chi connectivity index (χ1) is 5.91. The Kier molecular flexibility index (Phi) is 29.1. The van der Waals surface area contributed by atoms with E-state index < -0.39 is 0 Å². The van der Waals surface area contributed by atoms with E-state index in [4.69, 9.17) is 0 Å². The van der Waals surface area contributed by atoms with Gasteiger partial charge in [0.1, 0.15) is 0 Å². The molecule has 0 aliphatic heterocycles. The van der Waals surface area contributed by atoms with E-state index in [9.17, 15) is 0 Å². The fraction of sp³-hybridized carbons (Fsp3) is 0.917. The van der Waals surface area contributed by atoms with Gasteiger partial charge >= 0.3 is 23.1 Å². The fourth-order valence-electron chi connectivity index (χ4n) is 1.49. The zero-order valence-electron chi connectivity index (χ0n) is 9.86. The second-order valence-electron chi connectivity index (χ2n) is 3.68. The van der Waals surface area contributed by atoms with Gasteiger partial charge in [-0.15, -0.1) is 0 Å². The van der Waals surface area contributed by atoms with Crippen LogP contribution < -0.4 is 17.0 Å². The van der Waals surface area contributed by atoms with Gasteiger partial charge in [-0.1, -0.05) is 64.7 Å². The minimum atomic E-state index is 0. The van der Waals surface area contributed by atoms with Crippen molar-refractivity contribution in [2.75, 3.05) is 0 Å². The molecule has 0 aliphatic rings. The summed E-state index contributed by atoms with van der Waals surface area (Å²) in [5.41, 5.74) is 0. The molecule has 0 atom stereocenters. The van der Waals surface area contributed by atoms with Crippen LogP contribution in [0.15, 0.2) is 0 Å². The van der Waals surface area contributed by atoms with Crippen molar-refractivity contribution in [3.8, 4) is 0 Å². The third kappa shape index (κ3) is 18.9. The molecule has 0 spiro atoms. The molecule has 0 N–H and O–H groups in total. The van der Waals surface area contributed by atoms with Crippen LogP contribution in [0.25, 0.3) is 0 Å². The van der Waals surface area contributed by atoms with Gasteiger partial charge in [0.25, 0.3) is 0 Å². The molecule has 14 heavy (non-hydrogen) atoms. The maximum atomic E-state index is 3.84. The smallest absolute Gasteiger partial charge is 1.00 e. The van der Waals surface area contributed by atoms with E-state index in [2.05, 4.69) is 13.8 Å². The molecule has 82 valence electrons. The minimum absolute atomic E-state index is 0. The fourth-order valence-corrected chi connectivity index (χ4v) is 1.49. The summed E-state index contributed by atoms with van der Waals surface area (Å²) < 4.78 is 0. The molecule has 0 fully saturated rings. The number of unbranched alkanes of at least 4 members (excludes halogenated alkanes) is 9. The standard InChI is InChI=1S/C12H25.BrH.Mg/c1-3-5-7-9-11-12-10-8-6-4-2;;/h1,3-12H2,2H3;1H;/q-1;;+2/p-1. The topological polar surface area (TPSA) is 0 Å². The molecule has 0 unspecified atom stereocenters. The molecule has 0 aromatic heterocycles. The molecule has 2 heteroatoms. The molecule has 0 aromatic rings. The van der Waals surface area contributed by atoms with E-state index in [0.717, 1.165) is 6.42 Å². The van der Waals surface area contributed by atoms with Gasteiger partial charge in [-0.2, -0.15) is 6.42 Å². The number of rotatable bonds is 9. The Bertz CT molecular complexity index is 66.7. The van der Waals surface area contributed by atoms with E-state index in [-0.39, 0.29) is 40.0 Å². The van der Waals surface area contributed by atoms with E-state index in [1.165, 1.54) is 57.8 Å². The van der Waals surface area contributed by atoms with Gasteiger partial charge in [0.15, 0.2) is 0 Å². The van der Waals surface area contributed by atoms with Crippen LogP contribution in [-0.2, 0) is 0 Å². The van der Waals surface area contributed by atoms with E-state index in [0.29, 0.717) is 0 Å². The van der Waals surface area contributed by atoms with Crippen LogP contribution >= 0.6 is 0 Å².